The minimum Gasteiger partial charge on any atom is -0.497 e. The average molecular weight is 447 g/mol. The number of ether oxygens (including phenoxy) is 1. The van der Waals surface area contributed by atoms with E-state index in [2.05, 4.69) is 4.98 Å². The highest BCUT2D eigenvalue weighted by molar-refractivity contribution is 5.93. The second-order valence-electron chi connectivity index (χ2n) is 9.06. The van der Waals surface area contributed by atoms with Crippen LogP contribution in [0, 0.1) is 5.92 Å². The van der Waals surface area contributed by atoms with Crippen molar-refractivity contribution in [2.45, 2.75) is 32.2 Å². The Morgan fingerprint density at radius 1 is 1.18 bits per heavy atom. The fourth-order valence-corrected chi connectivity index (χ4v) is 5.16. The summed E-state index contributed by atoms with van der Waals surface area (Å²) in [5, 5.41) is 1.06. The summed E-state index contributed by atoms with van der Waals surface area (Å²) in [6, 6.07) is 11.9. The largest absolute Gasteiger partial charge is 0.497 e. The van der Waals surface area contributed by atoms with E-state index in [4.69, 9.17) is 4.74 Å². The first kappa shape index (κ1) is 21.5. The molecule has 3 aromatic rings. The second-order valence-corrected chi connectivity index (χ2v) is 9.06. The minimum atomic E-state index is 0.116. The number of carbonyl (C=O) groups excluding carboxylic acids is 2. The van der Waals surface area contributed by atoms with E-state index in [0.29, 0.717) is 12.3 Å². The Balaban J connectivity index is 1.34. The molecule has 0 spiro atoms. The summed E-state index contributed by atoms with van der Waals surface area (Å²) in [6.07, 6.45) is 7.46. The van der Waals surface area contributed by atoms with Crippen LogP contribution in [0.1, 0.15) is 25.7 Å². The summed E-state index contributed by atoms with van der Waals surface area (Å²) >= 11 is 0. The first-order valence-electron chi connectivity index (χ1n) is 11.8. The van der Waals surface area contributed by atoms with Crippen molar-refractivity contribution in [1.29, 1.82) is 0 Å². The molecule has 33 heavy (non-hydrogen) atoms. The third-order valence-corrected chi connectivity index (χ3v) is 6.85. The Morgan fingerprint density at radius 2 is 2.09 bits per heavy atom. The summed E-state index contributed by atoms with van der Waals surface area (Å²) in [4.78, 5) is 33.9. The Morgan fingerprint density at radius 3 is 2.91 bits per heavy atom. The topological polar surface area (TPSA) is 67.7 Å². The number of piperidine rings is 1. The highest BCUT2D eigenvalue weighted by Crippen LogP contribution is 2.30. The number of pyridine rings is 1. The summed E-state index contributed by atoms with van der Waals surface area (Å²) in [5.74, 6) is 1.51. The van der Waals surface area contributed by atoms with E-state index in [1.807, 2.05) is 57.0 Å². The summed E-state index contributed by atoms with van der Waals surface area (Å²) in [5.41, 5.74) is 2.75. The number of fused-ring (bicyclic) bond motifs is 1. The molecule has 1 aromatic carbocycles. The highest BCUT2D eigenvalue weighted by Gasteiger charge is 2.28. The van der Waals surface area contributed by atoms with Gasteiger partial charge in [-0.3, -0.25) is 14.6 Å². The number of benzene rings is 1. The van der Waals surface area contributed by atoms with E-state index in [0.717, 1.165) is 73.4 Å². The van der Waals surface area contributed by atoms with Crippen LogP contribution in [0.2, 0.25) is 0 Å². The van der Waals surface area contributed by atoms with Crippen molar-refractivity contribution >= 4 is 22.7 Å². The molecule has 2 aromatic heterocycles. The fraction of sp³-hybridized carbons (Fsp3) is 0.423. The van der Waals surface area contributed by atoms with E-state index >= 15 is 0 Å². The number of rotatable bonds is 6. The lowest BCUT2D eigenvalue weighted by atomic mass is 9.97. The SMILES string of the molecule is COc1cccc(-c2nccc3ccn(CC(=O)N4CCC[C@@H](CN5CCCC5=O)C4)c23)c1. The number of carbonyl (C=O) groups is 2. The Kier molecular flexibility index (Phi) is 6.03. The number of nitrogens with zero attached hydrogens (tertiary/aromatic N) is 4. The zero-order valence-electron chi connectivity index (χ0n) is 19.1. The number of methoxy groups -OCH3 is 1. The predicted octanol–water partition coefficient (Wildman–Crippen LogP) is 3.57. The molecule has 2 amide bonds. The molecule has 2 aliphatic rings. The van der Waals surface area contributed by atoms with Crippen LogP contribution in [-0.4, -0.2) is 64.5 Å². The van der Waals surface area contributed by atoms with Gasteiger partial charge in [0, 0.05) is 55.9 Å². The van der Waals surface area contributed by atoms with Crippen LogP contribution in [0.15, 0.2) is 48.8 Å². The predicted molar refractivity (Wildman–Crippen MR) is 127 cm³/mol. The molecule has 0 bridgehead atoms. The van der Waals surface area contributed by atoms with Gasteiger partial charge >= 0.3 is 0 Å². The number of hydrogen-bond acceptors (Lipinski definition) is 4. The van der Waals surface area contributed by atoms with E-state index < -0.39 is 0 Å². The molecule has 0 saturated carbocycles. The van der Waals surface area contributed by atoms with E-state index in [-0.39, 0.29) is 18.4 Å². The fourth-order valence-electron chi connectivity index (χ4n) is 5.16. The van der Waals surface area contributed by atoms with Crippen LogP contribution in [0.5, 0.6) is 5.75 Å². The van der Waals surface area contributed by atoms with E-state index in [1.165, 1.54) is 0 Å². The van der Waals surface area contributed by atoms with Crippen molar-refractivity contribution in [3.8, 4) is 17.0 Å². The molecule has 2 saturated heterocycles. The average Bonchev–Trinajstić information content (AvgIpc) is 3.45. The van der Waals surface area contributed by atoms with Crippen LogP contribution in [0.3, 0.4) is 0 Å². The van der Waals surface area contributed by atoms with Gasteiger partial charge in [0.1, 0.15) is 12.3 Å². The molecule has 1 atom stereocenters. The molecular weight excluding hydrogens is 416 g/mol. The summed E-state index contributed by atoms with van der Waals surface area (Å²) in [7, 11) is 1.65. The van der Waals surface area contributed by atoms with Gasteiger partial charge in [-0.1, -0.05) is 12.1 Å². The summed E-state index contributed by atoms with van der Waals surface area (Å²) < 4.78 is 7.40. The molecular formula is C26H30N4O3. The minimum absolute atomic E-state index is 0.116. The number of hydrogen-bond donors (Lipinski definition) is 0. The smallest absolute Gasteiger partial charge is 0.242 e. The van der Waals surface area contributed by atoms with Crippen LogP contribution < -0.4 is 4.74 Å². The van der Waals surface area contributed by atoms with E-state index in [9.17, 15) is 9.59 Å². The Bertz CT molecular complexity index is 1170. The van der Waals surface area contributed by atoms with Crippen molar-refractivity contribution < 1.29 is 14.3 Å². The Labute approximate surface area is 193 Å². The van der Waals surface area contributed by atoms with Crippen LogP contribution in [0.4, 0.5) is 0 Å². The van der Waals surface area contributed by atoms with Crippen molar-refractivity contribution in [2.24, 2.45) is 5.92 Å². The molecule has 0 radical (unpaired) electrons. The third kappa shape index (κ3) is 4.45. The number of likely N-dealkylation sites (tertiary alicyclic amines) is 2. The van der Waals surface area contributed by atoms with Crippen molar-refractivity contribution in [3.63, 3.8) is 0 Å². The third-order valence-electron chi connectivity index (χ3n) is 6.85. The zero-order valence-corrected chi connectivity index (χ0v) is 19.1. The molecule has 0 N–H and O–H groups in total. The van der Waals surface area contributed by atoms with Gasteiger partial charge in [0.05, 0.1) is 18.3 Å². The monoisotopic (exact) mass is 446 g/mol. The standard InChI is InChI=1S/C26H30N4O3/c1-33-22-7-2-6-21(15-22)25-26-20(9-11-27-25)10-14-30(26)18-24(32)29-12-3-5-19(17-29)16-28-13-4-8-23(28)31/h2,6-7,9-11,14-15,19H,3-5,8,12-13,16-18H2,1H3/t19-/m0/s1. The normalized spacial score (nSPS) is 18.8. The van der Waals surface area contributed by atoms with Crippen LogP contribution >= 0.6 is 0 Å². The van der Waals surface area contributed by atoms with Crippen LogP contribution in [0.25, 0.3) is 22.2 Å². The van der Waals surface area contributed by atoms with Gasteiger partial charge in [0.15, 0.2) is 0 Å². The van der Waals surface area contributed by atoms with Gasteiger partial charge in [-0.15, -0.1) is 0 Å². The maximum Gasteiger partial charge on any atom is 0.242 e. The van der Waals surface area contributed by atoms with Crippen molar-refractivity contribution in [3.05, 3.63) is 48.8 Å². The first-order valence-corrected chi connectivity index (χ1v) is 11.8. The lowest BCUT2D eigenvalue weighted by Crippen LogP contribution is -2.45. The number of amides is 2. The van der Waals surface area contributed by atoms with E-state index in [1.54, 1.807) is 13.3 Å². The van der Waals surface area contributed by atoms with Gasteiger partial charge in [-0.25, -0.2) is 0 Å². The maximum atomic E-state index is 13.3. The molecule has 7 heteroatoms. The Hall–Kier alpha value is -3.35. The lowest BCUT2D eigenvalue weighted by Gasteiger charge is -2.35. The summed E-state index contributed by atoms with van der Waals surface area (Å²) in [6.45, 7) is 3.42. The molecule has 172 valence electrons. The molecule has 0 unspecified atom stereocenters. The van der Waals surface area contributed by atoms with Crippen molar-refractivity contribution in [2.75, 3.05) is 33.3 Å². The zero-order chi connectivity index (χ0) is 22.8. The molecule has 2 fully saturated rings. The molecule has 7 nitrogen and oxygen atoms in total. The van der Waals surface area contributed by atoms with Gasteiger partial charge in [-0.05, 0) is 49.4 Å². The quantitative estimate of drug-likeness (QED) is 0.581. The first-order chi connectivity index (χ1) is 16.1. The lowest BCUT2D eigenvalue weighted by molar-refractivity contribution is -0.134. The molecule has 0 aliphatic carbocycles. The van der Waals surface area contributed by atoms with Crippen molar-refractivity contribution in [1.82, 2.24) is 19.4 Å². The van der Waals surface area contributed by atoms with Crippen LogP contribution in [-0.2, 0) is 16.1 Å². The molecule has 2 aliphatic heterocycles. The van der Waals surface area contributed by atoms with Gasteiger partial charge < -0.3 is 19.1 Å². The van der Waals surface area contributed by atoms with Gasteiger partial charge in [-0.2, -0.15) is 0 Å². The second kappa shape index (κ2) is 9.25. The maximum absolute atomic E-state index is 13.3. The highest BCUT2D eigenvalue weighted by atomic mass is 16.5. The molecule has 5 rings (SSSR count). The molecule has 4 heterocycles. The van der Waals surface area contributed by atoms with Gasteiger partial charge in [0.2, 0.25) is 11.8 Å². The van der Waals surface area contributed by atoms with Gasteiger partial charge in [0.25, 0.3) is 0 Å². The number of aromatic nitrogens is 2.